The SMILES string of the molecule is CCOc1ccc(CNCC2CCOC2)cc1. The van der Waals surface area contributed by atoms with Crippen LogP contribution in [0.4, 0.5) is 0 Å². The van der Waals surface area contributed by atoms with E-state index in [9.17, 15) is 0 Å². The van der Waals surface area contributed by atoms with Crippen LogP contribution < -0.4 is 10.1 Å². The maximum Gasteiger partial charge on any atom is 0.119 e. The van der Waals surface area contributed by atoms with Crippen molar-refractivity contribution in [3.05, 3.63) is 29.8 Å². The van der Waals surface area contributed by atoms with Crippen molar-refractivity contribution in [1.82, 2.24) is 5.32 Å². The highest BCUT2D eigenvalue weighted by Gasteiger charge is 2.14. The standard InChI is InChI=1S/C14H21NO2/c1-2-17-14-5-3-12(4-6-14)9-15-10-13-7-8-16-11-13/h3-6,13,15H,2,7-11H2,1H3. The van der Waals surface area contributed by atoms with Crippen LogP contribution in [0.3, 0.4) is 0 Å². The molecule has 94 valence electrons. The van der Waals surface area contributed by atoms with Gasteiger partial charge in [-0.15, -0.1) is 0 Å². The Bertz CT molecular complexity index is 317. The highest BCUT2D eigenvalue weighted by molar-refractivity contribution is 5.27. The zero-order chi connectivity index (χ0) is 11.9. The summed E-state index contributed by atoms with van der Waals surface area (Å²) >= 11 is 0. The molecular formula is C14H21NO2. The van der Waals surface area contributed by atoms with Gasteiger partial charge in [0.05, 0.1) is 13.2 Å². The molecule has 0 aliphatic carbocycles. The summed E-state index contributed by atoms with van der Waals surface area (Å²) in [5.41, 5.74) is 1.30. The van der Waals surface area contributed by atoms with E-state index in [-0.39, 0.29) is 0 Å². The van der Waals surface area contributed by atoms with Gasteiger partial charge in [0.1, 0.15) is 5.75 Å². The molecule has 1 aliphatic heterocycles. The lowest BCUT2D eigenvalue weighted by Crippen LogP contribution is -2.22. The van der Waals surface area contributed by atoms with Crippen LogP contribution in [0.15, 0.2) is 24.3 Å². The molecule has 1 saturated heterocycles. The predicted octanol–water partition coefficient (Wildman–Crippen LogP) is 2.21. The van der Waals surface area contributed by atoms with E-state index in [4.69, 9.17) is 9.47 Å². The van der Waals surface area contributed by atoms with Crippen molar-refractivity contribution in [2.24, 2.45) is 5.92 Å². The van der Waals surface area contributed by atoms with Crippen molar-refractivity contribution >= 4 is 0 Å². The fraction of sp³-hybridized carbons (Fsp3) is 0.571. The first-order valence-electron chi connectivity index (χ1n) is 6.38. The normalized spacial score (nSPS) is 19.5. The largest absolute Gasteiger partial charge is 0.494 e. The first-order valence-corrected chi connectivity index (χ1v) is 6.38. The van der Waals surface area contributed by atoms with Crippen LogP contribution in [0.25, 0.3) is 0 Å². The Balaban J connectivity index is 1.70. The molecule has 1 unspecified atom stereocenters. The second kappa shape index (κ2) is 6.62. The Kier molecular flexibility index (Phi) is 4.83. The minimum Gasteiger partial charge on any atom is -0.494 e. The minimum absolute atomic E-state index is 0.692. The lowest BCUT2D eigenvalue weighted by Gasteiger charge is -2.10. The van der Waals surface area contributed by atoms with E-state index >= 15 is 0 Å². The molecule has 0 bridgehead atoms. The second-order valence-corrected chi connectivity index (χ2v) is 4.44. The van der Waals surface area contributed by atoms with Crippen LogP contribution in [0.5, 0.6) is 5.75 Å². The third-order valence-electron chi connectivity index (χ3n) is 3.02. The van der Waals surface area contributed by atoms with Gasteiger partial charge in [0.25, 0.3) is 0 Å². The highest BCUT2D eigenvalue weighted by Crippen LogP contribution is 2.13. The van der Waals surface area contributed by atoms with Gasteiger partial charge in [-0.1, -0.05) is 12.1 Å². The molecule has 0 saturated carbocycles. The van der Waals surface area contributed by atoms with Crippen molar-refractivity contribution in [2.45, 2.75) is 19.9 Å². The third kappa shape index (κ3) is 4.02. The first kappa shape index (κ1) is 12.4. The lowest BCUT2D eigenvalue weighted by atomic mass is 10.1. The number of hydrogen-bond donors (Lipinski definition) is 1. The molecule has 17 heavy (non-hydrogen) atoms. The topological polar surface area (TPSA) is 30.5 Å². The number of nitrogens with one attached hydrogen (secondary N) is 1. The molecule has 0 amide bonds. The van der Waals surface area contributed by atoms with Gasteiger partial charge < -0.3 is 14.8 Å². The van der Waals surface area contributed by atoms with Crippen LogP contribution in [-0.4, -0.2) is 26.4 Å². The smallest absolute Gasteiger partial charge is 0.119 e. The van der Waals surface area contributed by atoms with Gasteiger partial charge in [0.15, 0.2) is 0 Å². The molecule has 1 aromatic carbocycles. The fourth-order valence-corrected chi connectivity index (χ4v) is 2.04. The van der Waals surface area contributed by atoms with E-state index in [1.54, 1.807) is 0 Å². The molecule has 0 spiro atoms. The molecular weight excluding hydrogens is 214 g/mol. The minimum atomic E-state index is 0.692. The zero-order valence-electron chi connectivity index (χ0n) is 10.4. The van der Waals surface area contributed by atoms with Crippen LogP contribution in [0.2, 0.25) is 0 Å². The van der Waals surface area contributed by atoms with E-state index < -0.39 is 0 Å². The zero-order valence-corrected chi connectivity index (χ0v) is 10.4. The van der Waals surface area contributed by atoms with E-state index in [1.807, 2.05) is 19.1 Å². The predicted molar refractivity (Wildman–Crippen MR) is 68.2 cm³/mol. The summed E-state index contributed by atoms with van der Waals surface area (Å²) in [5.74, 6) is 1.64. The fourth-order valence-electron chi connectivity index (χ4n) is 2.04. The van der Waals surface area contributed by atoms with Gasteiger partial charge in [-0.2, -0.15) is 0 Å². The molecule has 1 atom stereocenters. The van der Waals surface area contributed by atoms with Crippen LogP contribution in [0, 0.1) is 5.92 Å². The Hall–Kier alpha value is -1.06. The van der Waals surface area contributed by atoms with E-state index in [2.05, 4.69) is 17.4 Å². The van der Waals surface area contributed by atoms with Crippen molar-refractivity contribution in [3.63, 3.8) is 0 Å². The molecule has 1 fully saturated rings. The maximum absolute atomic E-state index is 5.41. The molecule has 3 heteroatoms. The third-order valence-corrected chi connectivity index (χ3v) is 3.02. The van der Waals surface area contributed by atoms with Crippen molar-refractivity contribution < 1.29 is 9.47 Å². The summed E-state index contributed by atoms with van der Waals surface area (Å²) in [6.07, 6.45) is 1.19. The number of hydrogen-bond acceptors (Lipinski definition) is 3. The summed E-state index contributed by atoms with van der Waals surface area (Å²) in [5, 5.41) is 3.47. The molecule has 2 rings (SSSR count). The highest BCUT2D eigenvalue weighted by atomic mass is 16.5. The Morgan fingerprint density at radius 3 is 2.82 bits per heavy atom. The van der Waals surface area contributed by atoms with Gasteiger partial charge in [0, 0.05) is 19.7 Å². The summed E-state index contributed by atoms with van der Waals surface area (Å²) in [6, 6.07) is 8.28. The molecule has 3 nitrogen and oxygen atoms in total. The van der Waals surface area contributed by atoms with Crippen LogP contribution >= 0.6 is 0 Å². The van der Waals surface area contributed by atoms with E-state index in [0.29, 0.717) is 5.92 Å². The molecule has 0 radical (unpaired) electrons. The Morgan fingerprint density at radius 1 is 1.35 bits per heavy atom. The van der Waals surface area contributed by atoms with Gasteiger partial charge in [0.2, 0.25) is 0 Å². The van der Waals surface area contributed by atoms with Crippen molar-refractivity contribution in [1.29, 1.82) is 0 Å². The number of rotatable bonds is 6. The van der Waals surface area contributed by atoms with Gasteiger partial charge >= 0.3 is 0 Å². The summed E-state index contributed by atoms with van der Waals surface area (Å²) in [4.78, 5) is 0. The average molecular weight is 235 g/mol. The van der Waals surface area contributed by atoms with Crippen molar-refractivity contribution in [2.75, 3.05) is 26.4 Å². The quantitative estimate of drug-likeness (QED) is 0.820. The Morgan fingerprint density at radius 2 is 2.18 bits per heavy atom. The second-order valence-electron chi connectivity index (χ2n) is 4.44. The summed E-state index contributed by atoms with van der Waals surface area (Å²) in [6.45, 7) is 6.53. The van der Waals surface area contributed by atoms with Gasteiger partial charge in [-0.05, 0) is 37.0 Å². The molecule has 1 aromatic rings. The lowest BCUT2D eigenvalue weighted by molar-refractivity contribution is 0.185. The first-order chi connectivity index (χ1) is 8.38. The monoisotopic (exact) mass is 235 g/mol. The van der Waals surface area contributed by atoms with Crippen LogP contribution in [-0.2, 0) is 11.3 Å². The van der Waals surface area contributed by atoms with E-state index in [1.165, 1.54) is 12.0 Å². The molecule has 1 N–H and O–H groups in total. The number of ether oxygens (including phenoxy) is 2. The van der Waals surface area contributed by atoms with E-state index in [0.717, 1.165) is 38.7 Å². The molecule has 0 aromatic heterocycles. The van der Waals surface area contributed by atoms with Gasteiger partial charge in [-0.25, -0.2) is 0 Å². The molecule has 1 heterocycles. The summed E-state index contributed by atoms with van der Waals surface area (Å²) < 4.78 is 10.8. The summed E-state index contributed by atoms with van der Waals surface area (Å²) in [7, 11) is 0. The number of benzene rings is 1. The van der Waals surface area contributed by atoms with Gasteiger partial charge in [-0.3, -0.25) is 0 Å². The van der Waals surface area contributed by atoms with Crippen LogP contribution in [0.1, 0.15) is 18.9 Å². The molecule has 1 aliphatic rings. The van der Waals surface area contributed by atoms with Crippen molar-refractivity contribution in [3.8, 4) is 5.75 Å². The Labute approximate surface area is 103 Å². The maximum atomic E-state index is 5.41. The average Bonchev–Trinajstić information content (AvgIpc) is 2.85.